The van der Waals surface area contributed by atoms with Crippen molar-refractivity contribution in [3.8, 4) is 5.75 Å². The van der Waals surface area contributed by atoms with E-state index in [-0.39, 0.29) is 23.9 Å². The van der Waals surface area contributed by atoms with Crippen LogP contribution < -0.4 is 5.32 Å². The number of hydrogen-bond donors (Lipinski definition) is 3. The quantitative estimate of drug-likeness (QED) is 0.742. The minimum Gasteiger partial charge on any atom is -0.508 e. The Bertz CT molecular complexity index is 572. The SMILES string of the molecule is CC(C)(C)C(NCO)c1ccc2cc(O)ccc2c1. The molecule has 3 nitrogen and oxygen atoms in total. The van der Waals surface area contributed by atoms with Crippen molar-refractivity contribution < 1.29 is 10.2 Å². The molecular formula is C16H21NO2. The van der Waals surface area contributed by atoms with Gasteiger partial charge in [-0.3, -0.25) is 5.32 Å². The third-order valence-corrected chi connectivity index (χ3v) is 3.34. The average Bonchev–Trinajstić information content (AvgIpc) is 2.34. The molecule has 19 heavy (non-hydrogen) atoms. The summed E-state index contributed by atoms with van der Waals surface area (Å²) in [5.41, 5.74) is 1.15. The van der Waals surface area contributed by atoms with E-state index in [9.17, 15) is 5.11 Å². The molecule has 2 rings (SSSR count). The smallest absolute Gasteiger partial charge is 0.116 e. The number of hydrogen-bond acceptors (Lipinski definition) is 3. The summed E-state index contributed by atoms with van der Waals surface area (Å²) in [5.74, 6) is 0.279. The first-order valence-corrected chi connectivity index (χ1v) is 6.49. The second-order valence-electron chi connectivity index (χ2n) is 5.95. The molecule has 1 atom stereocenters. The highest BCUT2D eigenvalue weighted by atomic mass is 16.3. The second kappa shape index (κ2) is 5.19. The molecule has 3 heteroatoms. The van der Waals surface area contributed by atoms with Crippen LogP contribution in [0, 0.1) is 5.41 Å². The molecule has 0 aliphatic carbocycles. The Kier molecular flexibility index (Phi) is 3.78. The molecule has 2 aromatic carbocycles. The Morgan fingerprint density at radius 1 is 1.05 bits per heavy atom. The van der Waals surface area contributed by atoms with Crippen LogP contribution in [0.5, 0.6) is 5.75 Å². The van der Waals surface area contributed by atoms with E-state index in [0.717, 1.165) is 16.3 Å². The highest BCUT2D eigenvalue weighted by Gasteiger charge is 2.25. The zero-order chi connectivity index (χ0) is 14.0. The molecule has 0 saturated heterocycles. The zero-order valence-corrected chi connectivity index (χ0v) is 11.6. The summed E-state index contributed by atoms with van der Waals surface area (Å²) in [4.78, 5) is 0. The minimum atomic E-state index is -0.0461. The summed E-state index contributed by atoms with van der Waals surface area (Å²) < 4.78 is 0. The number of rotatable bonds is 3. The van der Waals surface area contributed by atoms with Gasteiger partial charge in [0.05, 0.1) is 6.73 Å². The van der Waals surface area contributed by atoms with Crippen LogP contribution >= 0.6 is 0 Å². The Balaban J connectivity index is 2.46. The van der Waals surface area contributed by atoms with E-state index in [1.54, 1.807) is 12.1 Å². The first-order valence-electron chi connectivity index (χ1n) is 6.49. The molecule has 3 N–H and O–H groups in total. The molecule has 0 radical (unpaired) electrons. The van der Waals surface area contributed by atoms with Gasteiger partial charge in [-0.15, -0.1) is 0 Å². The number of phenols is 1. The Hall–Kier alpha value is -1.58. The van der Waals surface area contributed by atoms with Gasteiger partial charge in [-0.05, 0) is 39.9 Å². The van der Waals surface area contributed by atoms with Gasteiger partial charge in [0.2, 0.25) is 0 Å². The maximum atomic E-state index is 9.48. The van der Waals surface area contributed by atoms with Crippen LogP contribution in [0.15, 0.2) is 36.4 Å². The molecule has 102 valence electrons. The van der Waals surface area contributed by atoms with Gasteiger partial charge < -0.3 is 10.2 Å². The maximum Gasteiger partial charge on any atom is 0.116 e. The van der Waals surface area contributed by atoms with Crippen molar-refractivity contribution in [1.29, 1.82) is 0 Å². The van der Waals surface area contributed by atoms with Gasteiger partial charge in [0.15, 0.2) is 0 Å². The first-order chi connectivity index (χ1) is 8.91. The summed E-state index contributed by atoms with van der Waals surface area (Å²) in [6.45, 7) is 6.37. The highest BCUT2D eigenvalue weighted by molar-refractivity contribution is 5.84. The average molecular weight is 259 g/mol. The maximum absolute atomic E-state index is 9.48. The van der Waals surface area contributed by atoms with Crippen molar-refractivity contribution in [2.75, 3.05) is 6.73 Å². The molecule has 0 aliphatic rings. The number of phenolic OH excluding ortho intramolecular Hbond substituents is 1. The number of fused-ring (bicyclic) bond motifs is 1. The lowest BCUT2D eigenvalue weighted by Gasteiger charge is -2.31. The fourth-order valence-corrected chi connectivity index (χ4v) is 2.45. The first kappa shape index (κ1) is 13.8. The van der Waals surface area contributed by atoms with Crippen molar-refractivity contribution in [2.45, 2.75) is 26.8 Å². The third kappa shape index (κ3) is 3.06. The largest absolute Gasteiger partial charge is 0.508 e. The van der Waals surface area contributed by atoms with Crippen molar-refractivity contribution >= 4 is 10.8 Å². The Morgan fingerprint density at radius 2 is 1.68 bits per heavy atom. The fourth-order valence-electron chi connectivity index (χ4n) is 2.45. The Labute approximate surface area is 113 Å². The van der Waals surface area contributed by atoms with E-state index >= 15 is 0 Å². The molecule has 0 spiro atoms. The molecule has 0 heterocycles. The van der Waals surface area contributed by atoms with E-state index in [4.69, 9.17) is 5.11 Å². The van der Waals surface area contributed by atoms with Crippen LogP contribution in [0.4, 0.5) is 0 Å². The molecule has 0 saturated carbocycles. The highest BCUT2D eigenvalue weighted by Crippen LogP contribution is 2.34. The van der Waals surface area contributed by atoms with Gasteiger partial charge in [-0.25, -0.2) is 0 Å². The summed E-state index contributed by atoms with van der Waals surface area (Å²) in [6.07, 6.45) is 0. The lowest BCUT2D eigenvalue weighted by atomic mass is 9.82. The van der Waals surface area contributed by atoms with Crippen LogP contribution in [0.2, 0.25) is 0 Å². The molecule has 0 aliphatic heterocycles. The van der Waals surface area contributed by atoms with Crippen LogP contribution in [-0.4, -0.2) is 16.9 Å². The molecule has 0 amide bonds. The minimum absolute atomic E-state index is 0.00727. The number of aliphatic hydroxyl groups excluding tert-OH is 1. The van der Waals surface area contributed by atoms with Gasteiger partial charge in [-0.1, -0.05) is 39.0 Å². The fraction of sp³-hybridized carbons (Fsp3) is 0.375. The normalized spacial score (nSPS) is 13.7. The zero-order valence-electron chi connectivity index (χ0n) is 11.6. The van der Waals surface area contributed by atoms with Crippen molar-refractivity contribution in [2.24, 2.45) is 5.41 Å². The van der Waals surface area contributed by atoms with Crippen LogP contribution in [0.1, 0.15) is 32.4 Å². The predicted octanol–water partition coefficient (Wildman–Crippen LogP) is 3.17. The van der Waals surface area contributed by atoms with Crippen LogP contribution in [0.3, 0.4) is 0 Å². The van der Waals surface area contributed by atoms with E-state index in [0.29, 0.717) is 0 Å². The number of nitrogens with one attached hydrogen (secondary N) is 1. The summed E-state index contributed by atoms with van der Waals surface area (Å²) in [6, 6.07) is 11.6. The standard InChI is InChI=1S/C16H21NO2/c1-16(2,3)15(17-10-18)13-5-4-12-9-14(19)7-6-11(12)8-13/h4-9,15,17-19H,10H2,1-3H3. The molecule has 0 fully saturated rings. The van der Waals surface area contributed by atoms with Crippen LogP contribution in [-0.2, 0) is 0 Å². The molecule has 2 aromatic rings. The van der Waals surface area contributed by atoms with Crippen molar-refractivity contribution in [3.05, 3.63) is 42.0 Å². The number of aromatic hydroxyl groups is 1. The van der Waals surface area contributed by atoms with Gasteiger partial charge in [-0.2, -0.15) is 0 Å². The summed E-state index contributed by atoms with van der Waals surface area (Å²) >= 11 is 0. The van der Waals surface area contributed by atoms with E-state index < -0.39 is 0 Å². The predicted molar refractivity (Wildman–Crippen MR) is 78.0 cm³/mol. The number of aliphatic hydroxyl groups is 1. The van der Waals surface area contributed by atoms with Crippen molar-refractivity contribution in [1.82, 2.24) is 5.32 Å². The van der Waals surface area contributed by atoms with Gasteiger partial charge >= 0.3 is 0 Å². The van der Waals surface area contributed by atoms with E-state index in [2.05, 4.69) is 32.2 Å². The summed E-state index contributed by atoms with van der Waals surface area (Å²) in [5, 5.41) is 23.9. The lowest BCUT2D eigenvalue weighted by Crippen LogP contribution is -2.32. The van der Waals surface area contributed by atoms with E-state index in [1.165, 1.54) is 0 Å². The molecule has 0 bridgehead atoms. The van der Waals surface area contributed by atoms with Gasteiger partial charge in [0, 0.05) is 6.04 Å². The van der Waals surface area contributed by atoms with Gasteiger partial charge in [0.25, 0.3) is 0 Å². The lowest BCUT2D eigenvalue weighted by molar-refractivity contribution is 0.185. The Morgan fingerprint density at radius 3 is 2.32 bits per heavy atom. The van der Waals surface area contributed by atoms with Gasteiger partial charge in [0.1, 0.15) is 5.75 Å². The summed E-state index contributed by atoms with van der Waals surface area (Å²) in [7, 11) is 0. The molecular weight excluding hydrogens is 238 g/mol. The topological polar surface area (TPSA) is 52.5 Å². The monoisotopic (exact) mass is 259 g/mol. The third-order valence-electron chi connectivity index (χ3n) is 3.34. The molecule has 0 aromatic heterocycles. The number of benzene rings is 2. The second-order valence-corrected chi connectivity index (χ2v) is 5.95. The van der Waals surface area contributed by atoms with Crippen LogP contribution in [0.25, 0.3) is 10.8 Å². The molecule has 1 unspecified atom stereocenters. The van der Waals surface area contributed by atoms with Crippen molar-refractivity contribution in [3.63, 3.8) is 0 Å². The van der Waals surface area contributed by atoms with E-state index in [1.807, 2.05) is 18.2 Å².